The third kappa shape index (κ3) is 2.93. The van der Waals surface area contributed by atoms with E-state index in [-0.39, 0.29) is 34.6 Å². The Bertz CT molecular complexity index is 1350. The fraction of sp³-hybridized carbons (Fsp3) is 0.240. The van der Waals surface area contributed by atoms with Gasteiger partial charge in [-0.1, -0.05) is 55.2 Å². The SMILES string of the molecule is CC1(C)CC(=O)C2=C(C1)N(c1cc(Cl)cc(Cl)c1)C(N)=C(C#N)[C@@]21C(=O)Nc2ccccc21. The Morgan fingerprint density at radius 2 is 1.76 bits per heavy atom. The Morgan fingerprint density at radius 3 is 2.42 bits per heavy atom. The van der Waals surface area contributed by atoms with Gasteiger partial charge in [-0.15, -0.1) is 0 Å². The van der Waals surface area contributed by atoms with Crippen LogP contribution in [0.5, 0.6) is 0 Å². The Kier molecular flexibility index (Phi) is 4.65. The standard InChI is InChI=1S/C25H20Cl2N4O2/c1-24(2)10-19-21(20(32)11-24)25(16-5-3-4-6-18(16)30-23(25)33)17(12-28)22(29)31(19)15-8-13(26)7-14(27)9-15/h3-9H,10-11,29H2,1-2H3,(H,30,33)/t25-/m1/s1. The first-order valence-corrected chi connectivity index (χ1v) is 11.2. The van der Waals surface area contributed by atoms with E-state index < -0.39 is 11.3 Å². The van der Waals surface area contributed by atoms with Crippen LogP contribution in [0.2, 0.25) is 10.0 Å². The molecule has 2 aromatic carbocycles. The van der Waals surface area contributed by atoms with Gasteiger partial charge in [0.05, 0.1) is 11.3 Å². The summed E-state index contributed by atoms with van der Waals surface area (Å²) in [5, 5.41) is 13.9. The second-order valence-corrected chi connectivity index (χ2v) is 10.2. The molecule has 0 fully saturated rings. The number of nitrogens with one attached hydrogen (secondary N) is 1. The largest absolute Gasteiger partial charge is 0.384 e. The number of hydrogen-bond acceptors (Lipinski definition) is 5. The van der Waals surface area contributed by atoms with Crippen molar-refractivity contribution in [1.29, 1.82) is 5.26 Å². The van der Waals surface area contributed by atoms with Crippen LogP contribution in [0.3, 0.4) is 0 Å². The van der Waals surface area contributed by atoms with E-state index in [1.807, 2.05) is 13.8 Å². The van der Waals surface area contributed by atoms with E-state index in [2.05, 4.69) is 11.4 Å². The van der Waals surface area contributed by atoms with Gasteiger partial charge in [-0.05, 0) is 36.1 Å². The number of amides is 1. The van der Waals surface area contributed by atoms with Crippen molar-refractivity contribution < 1.29 is 9.59 Å². The molecule has 3 aliphatic rings. The first-order valence-electron chi connectivity index (χ1n) is 10.4. The zero-order chi connectivity index (χ0) is 23.7. The molecule has 6 nitrogen and oxygen atoms in total. The van der Waals surface area contributed by atoms with Gasteiger partial charge in [0.1, 0.15) is 17.3 Å². The van der Waals surface area contributed by atoms with Crippen molar-refractivity contribution >= 4 is 46.3 Å². The quantitative estimate of drug-likeness (QED) is 0.597. The van der Waals surface area contributed by atoms with E-state index in [1.54, 1.807) is 47.4 Å². The van der Waals surface area contributed by atoms with Gasteiger partial charge in [0.25, 0.3) is 0 Å². The van der Waals surface area contributed by atoms with Gasteiger partial charge < -0.3 is 11.1 Å². The van der Waals surface area contributed by atoms with Gasteiger partial charge in [-0.25, -0.2) is 0 Å². The summed E-state index contributed by atoms with van der Waals surface area (Å²) in [5.74, 6) is -0.564. The number of para-hydroxylation sites is 1. The van der Waals surface area contributed by atoms with Crippen molar-refractivity contribution in [2.24, 2.45) is 11.1 Å². The molecule has 1 spiro atoms. The number of allylic oxidation sites excluding steroid dienone is 1. The third-order valence-electron chi connectivity index (χ3n) is 6.51. The minimum Gasteiger partial charge on any atom is -0.384 e. The highest BCUT2D eigenvalue weighted by molar-refractivity contribution is 6.35. The number of ketones is 1. The summed E-state index contributed by atoms with van der Waals surface area (Å²) < 4.78 is 0. The smallest absolute Gasteiger partial charge is 0.245 e. The lowest BCUT2D eigenvalue weighted by Crippen LogP contribution is -2.52. The van der Waals surface area contributed by atoms with Crippen LogP contribution < -0.4 is 16.0 Å². The molecule has 33 heavy (non-hydrogen) atoms. The molecular formula is C25H20Cl2N4O2. The molecule has 0 saturated heterocycles. The summed E-state index contributed by atoms with van der Waals surface area (Å²) >= 11 is 12.6. The Labute approximate surface area is 201 Å². The Balaban J connectivity index is 1.91. The van der Waals surface area contributed by atoms with Crippen LogP contribution in [0.25, 0.3) is 0 Å². The van der Waals surface area contributed by atoms with E-state index in [0.717, 1.165) is 0 Å². The fourth-order valence-electron chi connectivity index (χ4n) is 5.34. The van der Waals surface area contributed by atoms with Crippen molar-refractivity contribution in [2.75, 3.05) is 10.2 Å². The summed E-state index contributed by atoms with van der Waals surface area (Å²) in [6.45, 7) is 3.99. The highest BCUT2D eigenvalue weighted by Gasteiger charge is 2.61. The minimum absolute atomic E-state index is 0.00727. The molecule has 0 bridgehead atoms. The first-order chi connectivity index (χ1) is 15.6. The average Bonchev–Trinajstić information content (AvgIpc) is 2.99. The third-order valence-corrected chi connectivity index (χ3v) is 6.94. The monoisotopic (exact) mass is 478 g/mol. The predicted octanol–water partition coefficient (Wildman–Crippen LogP) is 5.04. The van der Waals surface area contributed by atoms with Gasteiger partial charge in [-0.2, -0.15) is 5.26 Å². The molecule has 166 valence electrons. The van der Waals surface area contributed by atoms with Crippen LogP contribution in [0.4, 0.5) is 11.4 Å². The van der Waals surface area contributed by atoms with E-state index >= 15 is 0 Å². The van der Waals surface area contributed by atoms with Crippen molar-refractivity contribution in [3.05, 3.63) is 80.7 Å². The number of carbonyl (C=O) groups excluding carboxylic acids is 2. The molecule has 3 N–H and O–H groups in total. The summed E-state index contributed by atoms with van der Waals surface area (Å²) in [6.07, 6.45) is 0.709. The normalized spacial score (nSPS) is 23.4. The van der Waals surface area contributed by atoms with Crippen molar-refractivity contribution in [2.45, 2.75) is 32.1 Å². The predicted molar refractivity (Wildman–Crippen MR) is 128 cm³/mol. The topological polar surface area (TPSA) is 99.2 Å². The molecule has 8 heteroatoms. The maximum Gasteiger partial charge on any atom is 0.245 e. The van der Waals surface area contributed by atoms with Gasteiger partial charge in [0.15, 0.2) is 5.78 Å². The number of nitriles is 1. The number of fused-ring (bicyclic) bond motifs is 3. The molecule has 2 aliphatic heterocycles. The second-order valence-electron chi connectivity index (χ2n) is 9.35. The van der Waals surface area contributed by atoms with Crippen molar-refractivity contribution in [3.63, 3.8) is 0 Å². The average molecular weight is 479 g/mol. The maximum atomic E-state index is 13.8. The molecule has 2 heterocycles. The highest BCUT2D eigenvalue weighted by atomic mass is 35.5. The molecule has 1 amide bonds. The fourth-order valence-corrected chi connectivity index (χ4v) is 5.85. The molecular weight excluding hydrogens is 459 g/mol. The van der Waals surface area contributed by atoms with Gasteiger partial charge >= 0.3 is 0 Å². The lowest BCUT2D eigenvalue weighted by Gasteiger charge is -2.46. The Hall–Kier alpha value is -3.27. The molecule has 0 radical (unpaired) electrons. The molecule has 1 atom stereocenters. The van der Waals surface area contributed by atoms with Gasteiger partial charge in [-0.3, -0.25) is 14.5 Å². The zero-order valence-corrected chi connectivity index (χ0v) is 19.5. The minimum atomic E-state index is -1.60. The zero-order valence-electron chi connectivity index (χ0n) is 18.0. The molecule has 0 saturated carbocycles. The Morgan fingerprint density at radius 1 is 1.09 bits per heavy atom. The van der Waals surface area contributed by atoms with Gasteiger partial charge in [0.2, 0.25) is 5.91 Å². The van der Waals surface area contributed by atoms with Crippen LogP contribution in [-0.2, 0) is 15.0 Å². The number of nitrogens with zero attached hydrogens (tertiary/aromatic N) is 2. The van der Waals surface area contributed by atoms with Crippen molar-refractivity contribution in [3.8, 4) is 6.07 Å². The number of nitrogens with two attached hydrogens (primary N) is 1. The number of halogens is 2. The molecule has 5 rings (SSSR count). The van der Waals surface area contributed by atoms with Gasteiger partial charge in [0, 0.05) is 39.0 Å². The lowest BCUT2D eigenvalue weighted by atomic mass is 9.61. The number of carbonyl (C=O) groups is 2. The summed E-state index contributed by atoms with van der Waals surface area (Å²) in [6, 6.07) is 14.2. The summed E-state index contributed by atoms with van der Waals surface area (Å²) in [4.78, 5) is 29.0. The molecule has 0 aromatic heterocycles. The van der Waals surface area contributed by atoms with Crippen LogP contribution in [0, 0.1) is 16.7 Å². The molecule has 1 aliphatic carbocycles. The highest BCUT2D eigenvalue weighted by Crippen LogP contribution is 2.57. The van der Waals surface area contributed by atoms with Crippen LogP contribution in [0.15, 0.2) is 65.1 Å². The number of anilines is 2. The number of benzene rings is 2. The van der Waals surface area contributed by atoms with E-state index in [4.69, 9.17) is 28.9 Å². The number of Topliss-reactive ketones (excluding diaryl/α,β-unsaturated/α-hetero) is 1. The van der Waals surface area contributed by atoms with E-state index in [0.29, 0.717) is 39.1 Å². The first kappa shape index (κ1) is 21.6. The maximum absolute atomic E-state index is 13.8. The van der Waals surface area contributed by atoms with Crippen molar-refractivity contribution in [1.82, 2.24) is 0 Å². The van der Waals surface area contributed by atoms with Crippen LogP contribution in [0.1, 0.15) is 32.3 Å². The van der Waals surface area contributed by atoms with Crippen LogP contribution >= 0.6 is 23.2 Å². The second kappa shape index (κ2) is 7.11. The summed E-state index contributed by atoms with van der Waals surface area (Å²) in [7, 11) is 0. The molecule has 2 aromatic rings. The number of rotatable bonds is 1. The molecule has 0 unspecified atom stereocenters. The number of hydrogen-bond donors (Lipinski definition) is 2. The van der Waals surface area contributed by atoms with Crippen LogP contribution in [-0.4, -0.2) is 11.7 Å². The summed E-state index contributed by atoms with van der Waals surface area (Å²) in [5.41, 5.74) is 7.19. The lowest BCUT2D eigenvalue weighted by molar-refractivity contribution is -0.123. The van der Waals surface area contributed by atoms with E-state index in [1.165, 1.54) is 0 Å². The van der Waals surface area contributed by atoms with E-state index in [9.17, 15) is 14.9 Å².